The fraction of sp³-hybridized carbons (Fsp3) is 1.00. The number of ether oxygens (including phenoxy) is 1. The van der Waals surface area contributed by atoms with Crippen molar-refractivity contribution in [1.29, 1.82) is 0 Å². The Hall–Kier alpha value is -0.130. The van der Waals surface area contributed by atoms with Gasteiger partial charge in [-0.2, -0.15) is 4.31 Å². The molecule has 82 valence electrons. The van der Waals surface area contributed by atoms with E-state index in [9.17, 15) is 8.42 Å². The minimum absolute atomic E-state index is 0.195. The number of hydrogen-bond acceptors (Lipinski definition) is 3. The van der Waals surface area contributed by atoms with Crippen molar-refractivity contribution in [3.8, 4) is 0 Å². The van der Waals surface area contributed by atoms with Gasteiger partial charge in [-0.15, -0.1) is 0 Å². The minimum atomic E-state index is -3.02. The first-order valence-corrected chi connectivity index (χ1v) is 6.71. The zero-order chi connectivity index (χ0) is 10.2. The van der Waals surface area contributed by atoms with E-state index in [1.165, 1.54) is 0 Å². The third-order valence-corrected chi connectivity index (χ3v) is 5.69. The molecule has 0 spiro atoms. The summed E-state index contributed by atoms with van der Waals surface area (Å²) < 4.78 is 30.9. The van der Waals surface area contributed by atoms with Crippen LogP contribution in [0.15, 0.2) is 0 Å². The zero-order valence-corrected chi connectivity index (χ0v) is 9.29. The van der Waals surface area contributed by atoms with E-state index < -0.39 is 10.0 Å². The third-order valence-electron chi connectivity index (χ3n) is 3.18. The first-order chi connectivity index (χ1) is 6.62. The molecular formula is C9H17NO3S. The molecule has 0 aromatic heterocycles. The van der Waals surface area contributed by atoms with Gasteiger partial charge < -0.3 is 4.74 Å². The van der Waals surface area contributed by atoms with Crippen LogP contribution in [0.2, 0.25) is 0 Å². The van der Waals surface area contributed by atoms with Crippen LogP contribution in [0.4, 0.5) is 0 Å². The van der Waals surface area contributed by atoms with Gasteiger partial charge in [0.2, 0.25) is 10.0 Å². The van der Waals surface area contributed by atoms with Crippen LogP contribution < -0.4 is 0 Å². The van der Waals surface area contributed by atoms with Gasteiger partial charge >= 0.3 is 0 Å². The van der Waals surface area contributed by atoms with E-state index in [4.69, 9.17) is 4.74 Å². The Morgan fingerprint density at radius 1 is 1.21 bits per heavy atom. The smallest absolute Gasteiger partial charge is 0.217 e. The maximum Gasteiger partial charge on any atom is 0.217 e. The highest BCUT2D eigenvalue weighted by molar-refractivity contribution is 7.89. The maximum atomic E-state index is 12.0. The van der Waals surface area contributed by atoms with Crippen LogP contribution in [-0.2, 0) is 14.8 Å². The molecule has 1 unspecified atom stereocenters. The molecule has 2 fully saturated rings. The van der Waals surface area contributed by atoms with Gasteiger partial charge in [0.15, 0.2) is 0 Å². The lowest BCUT2D eigenvalue weighted by molar-refractivity contribution is 0.0953. The van der Waals surface area contributed by atoms with Crippen LogP contribution in [0.25, 0.3) is 0 Å². The lowest BCUT2D eigenvalue weighted by atomic mass is 10.1. The average molecular weight is 219 g/mol. The van der Waals surface area contributed by atoms with Gasteiger partial charge in [0.25, 0.3) is 0 Å². The average Bonchev–Trinajstić information content (AvgIpc) is 2.16. The number of sulfonamides is 1. The maximum absolute atomic E-state index is 12.0. The van der Waals surface area contributed by atoms with Crippen LogP contribution in [-0.4, -0.2) is 43.8 Å². The molecule has 5 heteroatoms. The first kappa shape index (κ1) is 10.4. The molecule has 0 amide bonds. The molecular weight excluding hydrogens is 202 g/mol. The molecule has 0 aliphatic carbocycles. The van der Waals surface area contributed by atoms with Crippen molar-refractivity contribution in [1.82, 2.24) is 4.31 Å². The summed E-state index contributed by atoms with van der Waals surface area (Å²) in [5.74, 6) is 0. The Balaban J connectivity index is 2.06. The lowest BCUT2D eigenvalue weighted by Gasteiger charge is -2.40. The van der Waals surface area contributed by atoms with E-state index in [0.29, 0.717) is 32.6 Å². The van der Waals surface area contributed by atoms with Gasteiger partial charge in [-0.3, -0.25) is 0 Å². The number of rotatable bonds is 2. The Morgan fingerprint density at radius 3 is 2.29 bits per heavy atom. The SMILES string of the molecule is CC1CCN1S(=O)(=O)C1CCOCC1. The largest absolute Gasteiger partial charge is 0.381 e. The molecule has 0 bridgehead atoms. The van der Waals surface area contributed by atoms with Gasteiger partial charge in [0, 0.05) is 25.8 Å². The van der Waals surface area contributed by atoms with Gasteiger partial charge in [-0.25, -0.2) is 8.42 Å². The van der Waals surface area contributed by atoms with Crippen LogP contribution >= 0.6 is 0 Å². The molecule has 2 saturated heterocycles. The quantitative estimate of drug-likeness (QED) is 0.683. The number of nitrogens with zero attached hydrogens (tertiary/aromatic N) is 1. The highest BCUT2D eigenvalue weighted by atomic mass is 32.2. The predicted molar refractivity (Wildman–Crippen MR) is 53.5 cm³/mol. The molecule has 0 aromatic rings. The summed E-state index contributed by atoms with van der Waals surface area (Å²) in [7, 11) is -3.02. The highest BCUT2D eigenvalue weighted by Gasteiger charge is 2.40. The Labute approximate surface area is 85.3 Å². The first-order valence-electron chi connectivity index (χ1n) is 5.21. The van der Waals surface area contributed by atoms with Gasteiger partial charge in [0.1, 0.15) is 0 Å². The molecule has 2 aliphatic heterocycles. The molecule has 0 radical (unpaired) electrons. The van der Waals surface area contributed by atoms with Crippen molar-refractivity contribution >= 4 is 10.0 Å². The Kier molecular flexibility index (Phi) is 2.81. The second kappa shape index (κ2) is 3.79. The summed E-state index contributed by atoms with van der Waals surface area (Å²) in [6, 6.07) is 0.211. The Morgan fingerprint density at radius 2 is 1.86 bits per heavy atom. The summed E-state index contributed by atoms with van der Waals surface area (Å²) in [6.07, 6.45) is 2.32. The molecule has 2 aliphatic rings. The summed E-state index contributed by atoms with van der Waals surface area (Å²) in [5.41, 5.74) is 0. The zero-order valence-electron chi connectivity index (χ0n) is 8.48. The van der Waals surface area contributed by atoms with E-state index in [-0.39, 0.29) is 11.3 Å². The van der Waals surface area contributed by atoms with Gasteiger partial charge in [0.05, 0.1) is 5.25 Å². The normalized spacial score (nSPS) is 31.4. The summed E-state index contributed by atoms with van der Waals surface area (Å²) in [6.45, 7) is 3.86. The number of hydrogen-bond donors (Lipinski definition) is 0. The van der Waals surface area contributed by atoms with E-state index in [1.54, 1.807) is 4.31 Å². The van der Waals surface area contributed by atoms with E-state index in [2.05, 4.69) is 0 Å². The summed E-state index contributed by atoms with van der Waals surface area (Å²) in [4.78, 5) is 0. The molecule has 0 saturated carbocycles. The second-order valence-electron chi connectivity index (χ2n) is 4.11. The van der Waals surface area contributed by atoms with E-state index in [1.807, 2.05) is 6.92 Å². The summed E-state index contributed by atoms with van der Waals surface area (Å²) >= 11 is 0. The molecule has 0 N–H and O–H groups in total. The summed E-state index contributed by atoms with van der Waals surface area (Å²) in [5, 5.41) is -0.195. The highest BCUT2D eigenvalue weighted by Crippen LogP contribution is 2.27. The van der Waals surface area contributed by atoms with Gasteiger partial charge in [-0.05, 0) is 26.2 Å². The topological polar surface area (TPSA) is 46.6 Å². The van der Waals surface area contributed by atoms with Crippen molar-refractivity contribution < 1.29 is 13.2 Å². The monoisotopic (exact) mass is 219 g/mol. The van der Waals surface area contributed by atoms with Crippen LogP contribution in [0.3, 0.4) is 0 Å². The molecule has 2 rings (SSSR count). The van der Waals surface area contributed by atoms with Gasteiger partial charge in [-0.1, -0.05) is 0 Å². The molecule has 4 nitrogen and oxygen atoms in total. The van der Waals surface area contributed by atoms with Crippen molar-refractivity contribution in [2.75, 3.05) is 19.8 Å². The fourth-order valence-corrected chi connectivity index (χ4v) is 4.17. The molecule has 1 atom stereocenters. The van der Waals surface area contributed by atoms with Crippen LogP contribution in [0.5, 0.6) is 0 Å². The van der Waals surface area contributed by atoms with E-state index in [0.717, 1.165) is 6.42 Å². The molecule has 14 heavy (non-hydrogen) atoms. The van der Waals surface area contributed by atoms with Crippen molar-refractivity contribution in [2.24, 2.45) is 0 Å². The molecule has 2 heterocycles. The van der Waals surface area contributed by atoms with Crippen LogP contribution in [0.1, 0.15) is 26.2 Å². The lowest BCUT2D eigenvalue weighted by Crippen LogP contribution is -2.53. The second-order valence-corrected chi connectivity index (χ2v) is 6.27. The molecule has 0 aromatic carbocycles. The van der Waals surface area contributed by atoms with Crippen molar-refractivity contribution in [2.45, 2.75) is 37.5 Å². The third kappa shape index (κ3) is 1.68. The fourth-order valence-electron chi connectivity index (χ4n) is 2.04. The van der Waals surface area contributed by atoms with Crippen molar-refractivity contribution in [3.05, 3.63) is 0 Å². The standard InChI is InChI=1S/C9H17NO3S/c1-8-2-5-10(8)14(11,12)9-3-6-13-7-4-9/h8-9H,2-7H2,1H3. The van der Waals surface area contributed by atoms with E-state index >= 15 is 0 Å². The minimum Gasteiger partial charge on any atom is -0.381 e. The predicted octanol–water partition coefficient (Wildman–Crippen LogP) is 0.589. The Bertz CT molecular complexity index is 295. The van der Waals surface area contributed by atoms with Crippen LogP contribution in [0, 0.1) is 0 Å². The van der Waals surface area contributed by atoms with Crippen molar-refractivity contribution in [3.63, 3.8) is 0 Å².